The fourth-order valence-electron chi connectivity index (χ4n) is 1.44. The summed E-state index contributed by atoms with van der Waals surface area (Å²) in [4.78, 5) is 0.801. The molecule has 21 heavy (non-hydrogen) atoms. The van der Waals surface area contributed by atoms with Crippen molar-refractivity contribution in [2.24, 2.45) is 5.73 Å². The van der Waals surface area contributed by atoms with E-state index in [-0.39, 0.29) is 29.1 Å². The molecule has 0 aliphatic heterocycles. The predicted molar refractivity (Wildman–Crippen MR) is 84.3 cm³/mol. The molecule has 0 radical (unpaired) electrons. The third kappa shape index (κ3) is 6.01. The third-order valence-corrected chi connectivity index (χ3v) is 7.32. The predicted octanol–water partition coefficient (Wildman–Crippen LogP) is -0.145. The maximum absolute atomic E-state index is 12.0. The van der Waals surface area contributed by atoms with Gasteiger partial charge in [0.25, 0.3) is 0 Å². The van der Waals surface area contributed by atoms with E-state index in [9.17, 15) is 16.8 Å². The first-order chi connectivity index (χ1) is 9.70. The minimum absolute atomic E-state index is 0.0258. The van der Waals surface area contributed by atoms with Gasteiger partial charge < -0.3 is 5.73 Å². The molecule has 1 rings (SSSR count). The highest BCUT2D eigenvalue weighted by Gasteiger charge is 2.19. The quantitative estimate of drug-likeness (QED) is 0.569. The molecule has 1 aromatic heterocycles. The monoisotopic (exact) mass is 355 g/mol. The fourth-order valence-corrected chi connectivity index (χ4v) is 4.69. The molecule has 4 N–H and O–H groups in total. The molecule has 1 heterocycles. The highest BCUT2D eigenvalue weighted by molar-refractivity contribution is 7.91. The molecule has 0 bridgehead atoms. The van der Waals surface area contributed by atoms with Crippen LogP contribution in [0, 0.1) is 0 Å². The largest absolute Gasteiger partial charge is 0.329 e. The highest BCUT2D eigenvalue weighted by atomic mass is 32.2. The van der Waals surface area contributed by atoms with Crippen molar-refractivity contribution >= 4 is 31.4 Å². The lowest BCUT2D eigenvalue weighted by Crippen LogP contribution is -2.37. The Morgan fingerprint density at radius 2 is 1.95 bits per heavy atom. The molecule has 1 aromatic rings. The van der Waals surface area contributed by atoms with E-state index in [0.29, 0.717) is 6.42 Å². The molecule has 0 aromatic carbocycles. The lowest BCUT2D eigenvalue weighted by Gasteiger charge is -2.10. The summed E-state index contributed by atoms with van der Waals surface area (Å²) in [6, 6.07) is 2.86. The smallest absolute Gasteiger partial charge is 0.250 e. The van der Waals surface area contributed by atoms with Gasteiger partial charge in [-0.05, 0) is 32.4 Å². The van der Waals surface area contributed by atoms with Crippen LogP contribution >= 0.6 is 11.3 Å². The number of thiophene rings is 1. The van der Waals surface area contributed by atoms with Crippen LogP contribution in [0.5, 0.6) is 0 Å². The molecule has 0 saturated carbocycles. The Labute approximate surface area is 130 Å². The molecule has 7 nitrogen and oxygen atoms in total. The molecule has 0 fully saturated rings. The minimum Gasteiger partial charge on any atom is -0.329 e. The van der Waals surface area contributed by atoms with Crippen LogP contribution in [-0.4, -0.2) is 41.7 Å². The van der Waals surface area contributed by atoms with Crippen molar-refractivity contribution in [2.75, 3.05) is 18.8 Å². The molecule has 0 aliphatic carbocycles. The summed E-state index contributed by atoms with van der Waals surface area (Å²) in [6.45, 7) is 3.72. The van der Waals surface area contributed by atoms with Crippen LogP contribution in [0.25, 0.3) is 0 Å². The van der Waals surface area contributed by atoms with Crippen molar-refractivity contribution in [3.05, 3.63) is 17.0 Å². The molecule has 1 atom stereocenters. The van der Waals surface area contributed by atoms with Gasteiger partial charge in [-0.1, -0.05) is 0 Å². The zero-order valence-electron chi connectivity index (χ0n) is 12.0. The lowest BCUT2D eigenvalue weighted by atomic mass is 10.3. The van der Waals surface area contributed by atoms with Crippen molar-refractivity contribution in [3.8, 4) is 0 Å². The Kier molecular flexibility index (Phi) is 6.75. The van der Waals surface area contributed by atoms with E-state index in [2.05, 4.69) is 9.44 Å². The van der Waals surface area contributed by atoms with Gasteiger partial charge in [0, 0.05) is 24.0 Å². The third-order valence-electron chi connectivity index (χ3n) is 2.69. The van der Waals surface area contributed by atoms with E-state index in [4.69, 9.17) is 5.73 Å². The Morgan fingerprint density at radius 3 is 2.52 bits per heavy atom. The second-order valence-electron chi connectivity index (χ2n) is 4.53. The van der Waals surface area contributed by atoms with Gasteiger partial charge in [-0.3, -0.25) is 0 Å². The lowest BCUT2D eigenvalue weighted by molar-refractivity contribution is 0.564. The molecule has 122 valence electrons. The molecular formula is C11H21N3O4S3. The second kappa shape index (κ2) is 7.65. The maximum Gasteiger partial charge on any atom is 0.250 e. The van der Waals surface area contributed by atoms with E-state index in [1.807, 2.05) is 0 Å². The summed E-state index contributed by atoms with van der Waals surface area (Å²) >= 11 is 1.12. The standard InChI is InChI=1S/C11H21N3O4S3/c1-3-20(15,16)13-7-6-10-4-5-11(19-10)21(17,18)14-9(2)8-12/h4-5,9,13-14H,3,6-8,12H2,1-2H3/t9-/m0/s1. The van der Waals surface area contributed by atoms with Crippen LogP contribution in [0.3, 0.4) is 0 Å². The van der Waals surface area contributed by atoms with E-state index in [1.165, 1.54) is 6.07 Å². The molecule has 0 unspecified atom stereocenters. The average molecular weight is 356 g/mol. The zero-order valence-corrected chi connectivity index (χ0v) is 14.4. The van der Waals surface area contributed by atoms with Gasteiger partial charge in [0.2, 0.25) is 20.0 Å². The summed E-state index contributed by atoms with van der Waals surface area (Å²) in [5.74, 6) is 0.0258. The summed E-state index contributed by atoms with van der Waals surface area (Å²) in [5, 5.41) is 0. The molecule has 10 heteroatoms. The minimum atomic E-state index is -3.56. The van der Waals surface area contributed by atoms with Gasteiger partial charge in [0.15, 0.2) is 0 Å². The van der Waals surface area contributed by atoms with Gasteiger partial charge in [0.1, 0.15) is 4.21 Å². The number of sulfonamides is 2. The van der Waals surface area contributed by atoms with E-state index in [0.717, 1.165) is 16.2 Å². The normalized spacial score (nSPS) is 14.2. The Morgan fingerprint density at radius 1 is 1.29 bits per heavy atom. The van der Waals surface area contributed by atoms with Gasteiger partial charge in [0.05, 0.1) is 5.75 Å². The first-order valence-corrected chi connectivity index (χ1v) is 10.4. The van der Waals surface area contributed by atoms with Crippen LogP contribution in [0.1, 0.15) is 18.7 Å². The van der Waals surface area contributed by atoms with E-state index in [1.54, 1.807) is 19.9 Å². The van der Waals surface area contributed by atoms with Crippen molar-refractivity contribution in [1.29, 1.82) is 0 Å². The van der Waals surface area contributed by atoms with Gasteiger partial charge in [-0.25, -0.2) is 26.3 Å². The maximum atomic E-state index is 12.0. The molecular weight excluding hydrogens is 334 g/mol. The van der Waals surface area contributed by atoms with Crippen molar-refractivity contribution in [3.63, 3.8) is 0 Å². The molecule has 0 saturated heterocycles. The second-order valence-corrected chi connectivity index (χ2v) is 9.73. The van der Waals surface area contributed by atoms with E-state index < -0.39 is 20.0 Å². The number of nitrogens with one attached hydrogen (secondary N) is 2. The first kappa shape index (κ1) is 18.5. The van der Waals surface area contributed by atoms with Crippen molar-refractivity contribution < 1.29 is 16.8 Å². The number of hydrogen-bond acceptors (Lipinski definition) is 6. The van der Waals surface area contributed by atoms with Crippen LogP contribution in [0.15, 0.2) is 16.3 Å². The summed E-state index contributed by atoms with van der Waals surface area (Å²) < 4.78 is 51.7. The van der Waals surface area contributed by atoms with Crippen molar-refractivity contribution in [2.45, 2.75) is 30.5 Å². The first-order valence-electron chi connectivity index (χ1n) is 6.48. The number of nitrogens with two attached hydrogens (primary N) is 1. The fraction of sp³-hybridized carbons (Fsp3) is 0.636. The van der Waals surface area contributed by atoms with Gasteiger partial charge >= 0.3 is 0 Å². The SMILES string of the molecule is CCS(=O)(=O)NCCc1ccc(S(=O)(=O)N[C@@H](C)CN)s1. The van der Waals surface area contributed by atoms with Crippen LogP contribution in [0.2, 0.25) is 0 Å². The molecule has 0 spiro atoms. The Bertz CT molecular complexity index is 652. The summed E-state index contributed by atoms with van der Waals surface area (Å²) in [7, 11) is -6.78. The average Bonchev–Trinajstić information content (AvgIpc) is 2.87. The Hall–Kier alpha value is -0.520. The van der Waals surface area contributed by atoms with Crippen LogP contribution < -0.4 is 15.2 Å². The number of hydrogen-bond donors (Lipinski definition) is 3. The number of rotatable bonds is 9. The topological polar surface area (TPSA) is 118 Å². The van der Waals surface area contributed by atoms with Gasteiger partial charge in [-0.2, -0.15) is 0 Å². The van der Waals surface area contributed by atoms with Gasteiger partial charge in [-0.15, -0.1) is 11.3 Å². The summed E-state index contributed by atoms with van der Waals surface area (Å²) in [6.07, 6.45) is 0.450. The van der Waals surface area contributed by atoms with E-state index >= 15 is 0 Å². The Balaban J connectivity index is 2.65. The molecule has 0 aliphatic rings. The zero-order chi connectivity index (χ0) is 16.1. The highest BCUT2D eigenvalue weighted by Crippen LogP contribution is 2.22. The molecule has 0 amide bonds. The van der Waals surface area contributed by atoms with Crippen LogP contribution in [-0.2, 0) is 26.5 Å². The summed E-state index contributed by atoms with van der Waals surface area (Å²) in [5.41, 5.74) is 5.39. The van der Waals surface area contributed by atoms with Crippen LogP contribution in [0.4, 0.5) is 0 Å². The van der Waals surface area contributed by atoms with Crippen molar-refractivity contribution in [1.82, 2.24) is 9.44 Å².